The number of hydrogen-bond donors (Lipinski definition) is 1. The molecule has 0 aromatic heterocycles. The summed E-state index contributed by atoms with van der Waals surface area (Å²) in [5.41, 5.74) is 3.33. The molecule has 2 amide bonds. The Morgan fingerprint density at radius 2 is 1.44 bits per heavy atom. The number of rotatable bonds is 12. The first kappa shape index (κ1) is 30.0. The minimum atomic E-state index is -0.781. The summed E-state index contributed by atoms with van der Waals surface area (Å²) in [6, 6.07) is 29.1. The van der Waals surface area contributed by atoms with Crippen molar-refractivity contribution >= 4 is 35.0 Å². The van der Waals surface area contributed by atoms with Gasteiger partial charge in [-0.15, -0.1) is 0 Å². The summed E-state index contributed by atoms with van der Waals surface area (Å²) in [5, 5.41) is 3.98. The monoisotopic (exact) mass is 590 g/mol. The van der Waals surface area contributed by atoms with E-state index >= 15 is 0 Å². The summed E-state index contributed by atoms with van der Waals surface area (Å²) in [6.45, 7) is 0.461. The Morgan fingerprint density at radius 3 is 2.07 bits per heavy atom. The number of halogens is 2. The van der Waals surface area contributed by atoms with E-state index in [1.54, 1.807) is 49.5 Å². The summed E-state index contributed by atoms with van der Waals surface area (Å²) < 4.78 is 10.8. The first-order valence-corrected chi connectivity index (χ1v) is 13.9. The molecular weight excluding hydrogens is 559 g/mol. The molecule has 0 aliphatic heterocycles. The normalized spacial score (nSPS) is 11.4. The Morgan fingerprint density at radius 1 is 0.780 bits per heavy atom. The van der Waals surface area contributed by atoms with Gasteiger partial charge in [0.1, 0.15) is 6.04 Å². The topological polar surface area (TPSA) is 67.9 Å². The zero-order valence-corrected chi connectivity index (χ0v) is 24.5. The van der Waals surface area contributed by atoms with Crippen LogP contribution >= 0.6 is 23.2 Å². The third kappa shape index (κ3) is 8.26. The maximum Gasteiger partial charge on any atom is 0.243 e. The molecule has 0 aliphatic carbocycles. The molecule has 41 heavy (non-hydrogen) atoms. The number of nitrogens with zero attached hydrogens (tertiary/aromatic N) is 1. The molecule has 212 valence electrons. The van der Waals surface area contributed by atoms with Gasteiger partial charge < -0.3 is 19.7 Å². The predicted octanol–water partition coefficient (Wildman–Crippen LogP) is 6.51. The van der Waals surface area contributed by atoms with Gasteiger partial charge in [-0.1, -0.05) is 96.0 Å². The summed E-state index contributed by atoms with van der Waals surface area (Å²) in [7, 11) is 3.12. The molecule has 4 aromatic carbocycles. The van der Waals surface area contributed by atoms with Gasteiger partial charge in [-0.05, 0) is 46.5 Å². The minimum absolute atomic E-state index is 0.0781. The van der Waals surface area contributed by atoms with Gasteiger partial charge in [0.25, 0.3) is 0 Å². The lowest BCUT2D eigenvalue weighted by Gasteiger charge is -2.32. The van der Waals surface area contributed by atoms with Crippen LogP contribution in [0.5, 0.6) is 11.5 Å². The second kappa shape index (κ2) is 14.6. The molecule has 0 fully saturated rings. The van der Waals surface area contributed by atoms with Crippen LogP contribution in [-0.2, 0) is 35.5 Å². The van der Waals surface area contributed by atoms with Crippen molar-refractivity contribution in [3.05, 3.63) is 129 Å². The third-order valence-corrected chi connectivity index (χ3v) is 7.33. The number of carbonyl (C=O) groups excluding carboxylic acids is 2. The lowest BCUT2D eigenvalue weighted by Crippen LogP contribution is -2.50. The van der Waals surface area contributed by atoms with Crippen LogP contribution in [0.1, 0.15) is 22.3 Å². The molecule has 0 saturated heterocycles. The van der Waals surface area contributed by atoms with Crippen molar-refractivity contribution in [2.75, 3.05) is 14.2 Å². The van der Waals surface area contributed by atoms with Crippen molar-refractivity contribution in [3.63, 3.8) is 0 Å². The first-order valence-electron chi connectivity index (χ1n) is 13.2. The van der Waals surface area contributed by atoms with Crippen LogP contribution < -0.4 is 14.8 Å². The number of methoxy groups -OCH3 is 2. The average Bonchev–Trinajstić information content (AvgIpc) is 2.99. The fourth-order valence-electron chi connectivity index (χ4n) is 4.57. The van der Waals surface area contributed by atoms with Crippen molar-refractivity contribution in [1.29, 1.82) is 0 Å². The smallest absolute Gasteiger partial charge is 0.243 e. The van der Waals surface area contributed by atoms with E-state index in [1.807, 2.05) is 66.7 Å². The zero-order chi connectivity index (χ0) is 29.2. The second-order valence-corrected chi connectivity index (χ2v) is 10.4. The van der Waals surface area contributed by atoms with E-state index in [0.717, 1.165) is 22.3 Å². The molecule has 6 nitrogen and oxygen atoms in total. The van der Waals surface area contributed by atoms with Crippen molar-refractivity contribution in [2.24, 2.45) is 0 Å². The van der Waals surface area contributed by atoms with Gasteiger partial charge in [-0.3, -0.25) is 9.59 Å². The van der Waals surface area contributed by atoms with Crippen LogP contribution in [0.25, 0.3) is 0 Å². The van der Waals surface area contributed by atoms with Crippen LogP contribution in [0.15, 0.2) is 97.1 Å². The Bertz CT molecular complexity index is 1470. The molecule has 4 rings (SSSR count). The van der Waals surface area contributed by atoms with Crippen LogP contribution in [0.4, 0.5) is 0 Å². The maximum absolute atomic E-state index is 14.0. The maximum atomic E-state index is 14.0. The van der Waals surface area contributed by atoms with Crippen molar-refractivity contribution in [2.45, 2.75) is 32.0 Å². The fourth-order valence-corrected chi connectivity index (χ4v) is 5.04. The fraction of sp³-hybridized carbons (Fsp3) is 0.212. The lowest BCUT2D eigenvalue weighted by molar-refractivity contribution is -0.140. The number of nitrogens with one attached hydrogen (secondary N) is 1. The highest BCUT2D eigenvalue weighted by molar-refractivity contribution is 6.35. The average molecular weight is 592 g/mol. The van der Waals surface area contributed by atoms with Crippen LogP contribution in [0.2, 0.25) is 10.0 Å². The molecule has 0 spiro atoms. The molecule has 0 unspecified atom stereocenters. The van der Waals surface area contributed by atoms with E-state index in [1.165, 1.54) is 0 Å². The van der Waals surface area contributed by atoms with Crippen LogP contribution in [-0.4, -0.2) is 37.0 Å². The number of hydrogen-bond acceptors (Lipinski definition) is 4. The molecular formula is C33H32Cl2N2O4. The summed E-state index contributed by atoms with van der Waals surface area (Å²) in [4.78, 5) is 29.5. The Labute approximate surface area is 250 Å². The highest BCUT2D eigenvalue weighted by atomic mass is 35.5. The summed E-state index contributed by atoms with van der Waals surface area (Å²) in [5.74, 6) is 0.635. The molecule has 0 heterocycles. The standard InChI is InChI=1S/C33H32Cl2N2O4/c1-40-30-16-13-25(18-31(30)41-2)19-32(38)37(22-24-11-7-4-8-12-24)29(17-23-9-5-3-6-10-23)33(39)36-21-26-14-15-27(34)20-28(26)35/h3-16,18,20,29H,17,19,21-22H2,1-2H3,(H,36,39)/t29-/m0/s1. The molecule has 4 aromatic rings. The van der Waals surface area contributed by atoms with Gasteiger partial charge in [0.2, 0.25) is 11.8 Å². The van der Waals surface area contributed by atoms with Crippen molar-refractivity contribution < 1.29 is 19.1 Å². The van der Waals surface area contributed by atoms with E-state index in [0.29, 0.717) is 28.0 Å². The van der Waals surface area contributed by atoms with Gasteiger partial charge in [0, 0.05) is 29.6 Å². The van der Waals surface area contributed by atoms with Crippen LogP contribution in [0.3, 0.4) is 0 Å². The van der Waals surface area contributed by atoms with E-state index in [4.69, 9.17) is 32.7 Å². The van der Waals surface area contributed by atoms with Gasteiger partial charge in [-0.2, -0.15) is 0 Å². The first-order chi connectivity index (χ1) is 19.9. The molecule has 0 radical (unpaired) electrons. The lowest BCUT2D eigenvalue weighted by atomic mass is 10.0. The predicted molar refractivity (Wildman–Crippen MR) is 162 cm³/mol. The Balaban J connectivity index is 1.66. The largest absolute Gasteiger partial charge is 0.493 e. The van der Waals surface area contributed by atoms with Crippen molar-refractivity contribution in [3.8, 4) is 11.5 Å². The second-order valence-electron chi connectivity index (χ2n) is 9.53. The van der Waals surface area contributed by atoms with Crippen molar-refractivity contribution in [1.82, 2.24) is 10.2 Å². The number of amides is 2. The van der Waals surface area contributed by atoms with E-state index in [2.05, 4.69) is 5.32 Å². The van der Waals surface area contributed by atoms with E-state index < -0.39 is 6.04 Å². The number of carbonyl (C=O) groups is 2. The SMILES string of the molecule is COc1ccc(CC(=O)N(Cc2ccccc2)[C@@H](Cc2ccccc2)C(=O)NCc2ccc(Cl)cc2Cl)cc1OC. The number of ether oxygens (including phenoxy) is 2. The molecule has 0 saturated carbocycles. The Hall–Kier alpha value is -4.00. The molecule has 0 bridgehead atoms. The molecule has 1 atom stereocenters. The van der Waals surface area contributed by atoms with Crippen LogP contribution in [0, 0.1) is 0 Å². The molecule has 0 aliphatic rings. The number of benzene rings is 4. The minimum Gasteiger partial charge on any atom is -0.493 e. The third-order valence-electron chi connectivity index (χ3n) is 6.74. The summed E-state index contributed by atoms with van der Waals surface area (Å²) >= 11 is 12.4. The quantitative estimate of drug-likeness (QED) is 0.204. The molecule has 1 N–H and O–H groups in total. The Kier molecular flexibility index (Phi) is 10.7. The van der Waals surface area contributed by atoms with Gasteiger partial charge in [0.05, 0.1) is 20.6 Å². The highest BCUT2D eigenvalue weighted by Gasteiger charge is 2.30. The van der Waals surface area contributed by atoms with Gasteiger partial charge in [-0.25, -0.2) is 0 Å². The molecule has 8 heteroatoms. The van der Waals surface area contributed by atoms with Gasteiger partial charge >= 0.3 is 0 Å². The van der Waals surface area contributed by atoms with Gasteiger partial charge in [0.15, 0.2) is 11.5 Å². The van der Waals surface area contributed by atoms with E-state index in [9.17, 15) is 9.59 Å². The summed E-state index contributed by atoms with van der Waals surface area (Å²) in [6.07, 6.45) is 0.417. The van der Waals surface area contributed by atoms with E-state index in [-0.39, 0.29) is 31.3 Å². The zero-order valence-electron chi connectivity index (χ0n) is 23.0. The highest BCUT2D eigenvalue weighted by Crippen LogP contribution is 2.28.